The van der Waals surface area contributed by atoms with Crippen LogP contribution >= 0.6 is 15.9 Å². The smallest absolute Gasteiger partial charge is 0.124 e. The van der Waals surface area contributed by atoms with Crippen LogP contribution in [0.2, 0.25) is 0 Å². The highest BCUT2D eigenvalue weighted by Crippen LogP contribution is 2.35. The fourth-order valence-electron chi connectivity index (χ4n) is 2.72. The van der Waals surface area contributed by atoms with Gasteiger partial charge in [-0.25, -0.2) is 0 Å². The molecule has 1 aliphatic heterocycles. The lowest BCUT2D eigenvalue weighted by atomic mass is 9.98. The summed E-state index contributed by atoms with van der Waals surface area (Å²) >= 11 is 3.51. The van der Waals surface area contributed by atoms with Gasteiger partial charge in [0.1, 0.15) is 5.75 Å². The van der Waals surface area contributed by atoms with Crippen LogP contribution in [0.25, 0.3) is 0 Å². The van der Waals surface area contributed by atoms with Crippen molar-refractivity contribution in [1.82, 2.24) is 5.32 Å². The van der Waals surface area contributed by atoms with Crippen LogP contribution in [0.4, 0.5) is 0 Å². The molecule has 110 valence electrons. The van der Waals surface area contributed by atoms with E-state index in [-0.39, 0.29) is 18.7 Å². The Kier molecular flexibility index (Phi) is 4.58. The molecule has 2 aromatic rings. The highest BCUT2D eigenvalue weighted by atomic mass is 79.9. The third kappa shape index (κ3) is 3.28. The highest BCUT2D eigenvalue weighted by molar-refractivity contribution is 9.10. The van der Waals surface area contributed by atoms with Gasteiger partial charge in [0, 0.05) is 22.5 Å². The Labute approximate surface area is 133 Å². The Bertz CT molecular complexity index is 603. The molecule has 3 nitrogen and oxygen atoms in total. The summed E-state index contributed by atoms with van der Waals surface area (Å²) in [6.07, 6.45) is 0.896. The molecule has 1 unspecified atom stereocenters. The van der Waals surface area contributed by atoms with E-state index in [1.807, 2.05) is 42.5 Å². The first-order valence-corrected chi connectivity index (χ1v) is 7.91. The van der Waals surface area contributed by atoms with Crippen molar-refractivity contribution in [2.75, 3.05) is 13.2 Å². The van der Waals surface area contributed by atoms with E-state index in [1.165, 1.54) is 0 Å². The van der Waals surface area contributed by atoms with Crippen molar-refractivity contribution in [2.45, 2.75) is 18.5 Å². The van der Waals surface area contributed by atoms with Gasteiger partial charge in [-0.15, -0.1) is 0 Å². The summed E-state index contributed by atoms with van der Waals surface area (Å²) in [5, 5.41) is 13.3. The summed E-state index contributed by atoms with van der Waals surface area (Å²) in [6, 6.07) is 16.2. The van der Waals surface area contributed by atoms with Crippen molar-refractivity contribution in [1.29, 1.82) is 0 Å². The number of benzene rings is 2. The quantitative estimate of drug-likeness (QED) is 0.887. The van der Waals surface area contributed by atoms with Crippen LogP contribution in [0.5, 0.6) is 5.75 Å². The zero-order valence-corrected chi connectivity index (χ0v) is 13.2. The number of ether oxygens (including phenoxy) is 1. The van der Waals surface area contributed by atoms with Gasteiger partial charge in [0.15, 0.2) is 0 Å². The van der Waals surface area contributed by atoms with Gasteiger partial charge < -0.3 is 15.2 Å². The van der Waals surface area contributed by atoms with E-state index in [0.29, 0.717) is 6.61 Å². The molecule has 2 atom stereocenters. The van der Waals surface area contributed by atoms with Crippen LogP contribution in [0.1, 0.15) is 29.6 Å². The summed E-state index contributed by atoms with van der Waals surface area (Å²) in [5.74, 6) is 0.923. The van der Waals surface area contributed by atoms with E-state index < -0.39 is 0 Å². The third-order valence-electron chi connectivity index (χ3n) is 3.80. The summed E-state index contributed by atoms with van der Waals surface area (Å²) in [4.78, 5) is 0. The molecule has 0 saturated carbocycles. The van der Waals surface area contributed by atoms with E-state index in [0.717, 1.165) is 27.8 Å². The van der Waals surface area contributed by atoms with E-state index in [2.05, 4.69) is 27.3 Å². The zero-order valence-electron chi connectivity index (χ0n) is 11.6. The number of rotatable bonds is 4. The standard InChI is InChI=1S/C17H18BrNO2/c18-13-6-7-17-14(10-13)15(8-9-21-17)19-16(11-20)12-4-2-1-3-5-12/h1-7,10,15-16,19-20H,8-9,11H2/t15?,16-/m1/s1. The molecule has 0 fully saturated rings. The van der Waals surface area contributed by atoms with Crippen molar-refractivity contribution in [2.24, 2.45) is 0 Å². The molecule has 2 aromatic carbocycles. The van der Waals surface area contributed by atoms with Crippen LogP contribution in [0.15, 0.2) is 53.0 Å². The molecule has 0 aliphatic carbocycles. The SMILES string of the molecule is OC[C@@H](NC1CCOc2ccc(Br)cc21)c1ccccc1. The molecule has 3 rings (SSSR count). The number of hydrogen-bond acceptors (Lipinski definition) is 3. The number of halogens is 1. The summed E-state index contributed by atoms with van der Waals surface area (Å²) in [5.41, 5.74) is 2.24. The van der Waals surface area contributed by atoms with Gasteiger partial charge in [0.05, 0.1) is 19.3 Å². The monoisotopic (exact) mass is 347 g/mol. The summed E-state index contributed by atoms with van der Waals surface area (Å²) in [6.45, 7) is 0.768. The number of aliphatic hydroxyl groups excluding tert-OH is 1. The Hall–Kier alpha value is -1.36. The van der Waals surface area contributed by atoms with E-state index in [9.17, 15) is 5.11 Å². The molecule has 0 bridgehead atoms. The first kappa shape index (κ1) is 14.6. The van der Waals surface area contributed by atoms with Gasteiger partial charge >= 0.3 is 0 Å². The van der Waals surface area contributed by atoms with Crippen molar-refractivity contribution in [3.63, 3.8) is 0 Å². The second-order valence-corrected chi connectivity index (χ2v) is 6.10. The average molecular weight is 348 g/mol. The number of nitrogens with one attached hydrogen (secondary N) is 1. The minimum absolute atomic E-state index is 0.0684. The van der Waals surface area contributed by atoms with Crippen LogP contribution in [0.3, 0.4) is 0 Å². The largest absolute Gasteiger partial charge is 0.493 e. The van der Waals surface area contributed by atoms with Gasteiger partial charge in [-0.3, -0.25) is 0 Å². The minimum Gasteiger partial charge on any atom is -0.493 e. The van der Waals surface area contributed by atoms with Gasteiger partial charge in [0.2, 0.25) is 0 Å². The Balaban J connectivity index is 1.84. The molecule has 0 amide bonds. The van der Waals surface area contributed by atoms with E-state index in [4.69, 9.17) is 4.74 Å². The molecule has 0 radical (unpaired) electrons. The molecule has 0 aromatic heterocycles. The van der Waals surface area contributed by atoms with Gasteiger partial charge in [-0.05, 0) is 23.8 Å². The second kappa shape index (κ2) is 6.60. The lowest BCUT2D eigenvalue weighted by Gasteiger charge is -2.30. The topological polar surface area (TPSA) is 41.5 Å². The first-order valence-electron chi connectivity index (χ1n) is 7.12. The van der Waals surface area contributed by atoms with Crippen LogP contribution in [-0.4, -0.2) is 18.3 Å². The van der Waals surface area contributed by atoms with Crippen LogP contribution < -0.4 is 10.1 Å². The fraction of sp³-hybridized carbons (Fsp3) is 0.294. The maximum Gasteiger partial charge on any atom is 0.124 e. The Morgan fingerprint density at radius 3 is 2.81 bits per heavy atom. The molecule has 1 aliphatic rings. The van der Waals surface area contributed by atoms with E-state index in [1.54, 1.807) is 0 Å². The number of hydrogen-bond donors (Lipinski definition) is 2. The normalized spacial score (nSPS) is 18.7. The minimum atomic E-state index is -0.0684. The summed E-state index contributed by atoms with van der Waals surface area (Å²) in [7, 11) is 0. The predicted octanol–water partition coefficient (Wildman–Crippen LogP) is 3.60. The molecule has 2 N–H and O–H groups in total. The Morgan fingerprint density at radius 2 is 2.05 bits per heavy atom. The summed E-state index contributed by atoms with van der Waals surface area (Å²) < 4.78 is 6.75. The first-order chi connectivity index (χ1) is 10.3. The van der Waals surface area contributed by atoms with Crippen molar-refractivity contribution < 1.29 is 9.84 Å². The molecular weight excluding hydrogens is 330 g/mol. The molecular formula is C17H18BrNO2. The van der Waals surface area contributed by atoms with Gasteiger partial charge in [-0.2, -0.15) is 0 Å². The van der Waals surface area contributed by atoms with Crippen molar-refractivity contribution in [3.05, 3.63) is 64.1 Å². The number of fused-ring (bicyclic) bond motifs is 1. The molecule has 1 heterocycles. The fourth-order valence-corrected chi connectivity index (χ4v) is 3.10. The average Bonchev–Trinajstić information content (AvgIpc) is 2.53. The maximum absolute atomic E-state index is 9.71. The Morgan fingerprint density at radius 1 is 1.24 bits per heavy atom. The second-order valence-electron chi connectivity index (χ2n) is 5.18. The van der Waals surface area contributed by atoms with Crippen LogP contribution in [0, 0.1) is 0 Å². The molecule has 0 saturated heterocycles. The van der Waals surface area contributed by atoms with Crippen molar-refractivity contribution in [3.8, 4) is 5.75 Å². The van der Waals surface area contributed by atoms with Gasteiger partial charge in [-0.1, -0.05) is 46.3 Å². The lowest BCUT2D eigenvalue weighted by molar-refractivity contribution is 0.204. The highest BCUT2D eigenvalue weighted by Gasteiger charge is 2.24. The molecule has 0 spiro atoms. The number of aliphatic hydroxyl groups is 1. The predicted molar refractivity (Wildman–Crippen MR) is 86.4 cm³/mol. The third-order valence-corrected chi connectivity index (χ3v) is 4.29. The lowest BCUT2D eigenvalue weighted by Crippen LogP contribution is -2.32. The molecule has 21 heavy (non-hydrogen) atoms. The maximum atomic E-state index is 9.71. The van der Waals surface area contributed by atoms with E-state index >= 15 is 0 Å². The molecule has 4 heteroatoms. The van der Waals surface area contributed by atoms with Gasteiger partial charge in [0.25, 0.3) is 0 Å². The van der Waals surface area contributed by atoms with Crippen molar-refractivity contribution >= 4 is 15.9 Å². The zero-order chi connectivity index (χ0) is 14.7. The van der Waals surface area contributed by atoms with Crippen LogP contribution in [-0.2, 0) is 0 Å².